The van der Waals surface area contributed by atoms with Crippen molar-refractivity contribution in [1.29, 1.82) is 0 Å². The molecule has 0 aliphatic heterocycles. The van der Waals surface area contributed by atoms with Crippen molar-refractivity contribution < 1.29 is 13.9 Å². The molecular formula is C18H20FN3O3. The van der Waals surface area contributed by atoms with E-state index in [0.29, 0.717) is 11.1 Å². The van der Waals surface area contributed by atoms with Crippen molar-refractivity contribution in [3.05, 3.63) is 57.8 Å². The predicted molar refractivity (Wildman–Crippen MR) is 92.3 cm³/mol. The van der Waals surface area contributed by atoms with Crippen molar-refractivity contribution in [2.75, 3.05) is 5.32 Å². The summed E-state index contributed by atoms with van der Waals surface area (Å²) in [4.78, 5) is 24.1. The summed E-state index contributed by atoms with van der Waals surface area (Å²) in [5.74, 6) is -0.267. The molecule has 0 saturated heterocycles. The Morgan fingerprint density at radius 1 is 1.36 bits per heavy atom. The zero-order chi connectivity index (χ0) is 18.0. The summed E-state index contributed by atoms with van der Waals surface area (Å²) in [7, 11) is 1.60. The lowest BCUT2D eigenvalue weighted by Gasteiger charge is -2.12. The number of ether oxygens (including phenoxy) is 1. The van der Waals surface area contributed by atoms with Crippen LogP contribution >= 0.6 is 0 Å². The number of rotatable bonds is 5. The van der Waals surface area contributed by atoms with Crippen molar-refractivity contribution >= 4 is 11.7 Å². The van der Waals surface area contributed by atoms with Gasteiger partial charge in [0, 0.05) is 25.4 Å². The summed E-state index contributed by atoms with van der Waals surface area (Å²) in [5.41, 5.74) is 0.880. The SMILES string of the molecule is Cc1ccn(C)c(=O)c1NC(=O)NCc1cccc(OC2CC2)c1F. The number of aromatic nitrogens is 1. The molecular weight excluding hydrogens is 325 g/mol. The maximum Gasteiger partial charge on any atom is 0.319 e. The van der Waals surface area contributed by atoms with Crippen molar-refractivity contribution in [2.45, 2.75) is 32.4 Å². The van der Waals surface area contributed by atoms with Crippen LogP contribution in [0.4, 0.5) is 14.9 Å². The zero-order valence-electron chi connectivity index (χ0n) is 14.1. The first kappa shape index (κ1) is 17.0. The number of carbonyl (C=O) groups is 1. The molecule has 1 aromatic heterocycles. The first-order valence-electron chi connectivity index (χ1n) is 8.11. The minimum atomic E-state index is -0.570. The van der Waals surface area contributed by atoms with E-state index in [2.05, 4.69) is 10.6 Å². The van der Waals surface area contributed by atoms with Gasteiger partial charge in [0.2, 0.25) is 0 Å². The Balaban J connectivity index is 1.65. The van der Waals surface area contributed by atoms with Gasteiger partial charge in [-0.15, -0.1) is 0 Å². The number of benzene rings is 1. The van der Waals surface area contributed by atoms with E-state index in [-0.39, 0.29) is 29.6 Å². The third-order valence-corrected chi connectivity index (χ3v) is 4.02. The Labute approximate surface area is 144 Å². The van der Waals surface area contributed by atoms with Crippen LogP contribution in [0.2, 0.25) is 0 Å². The number of aryl methyl sites for hydroxylation is 2. The van der Waals surface area contributed by atoms with Crippen LogP contribution in [0.15, 0.2) is 35.3 Å². The van der Waals surface area contributed by atoms with Gasteiger partial charge in [-0.05, 0) is 37.5 Å². The number of pyridine rings is 1. The topological polar surface area (TPSA) is 72.4 Å². The van der Waals surface area contributed by atoms with E-state index in [0.717, 1.165) is 12.8 Å². The molecule has 1 heterocycles. The standard InChI is InChI=1S/C18H20FN3O3/c1-11-8-9-22(2)17(23)16(11)21-18(24)20-10-12-4-3-5-14(15(12)19)25-13-6-7-13/h3-5,8-9,13H,6-7,10H2,1-2H3,(H2,20,21,24). The monoisotopic (exact) mass is 345 g/mol. The number of amides is 2. The summed E-state index contributed by atoms with van der Waals surface area (Å²) in [5, 5.41) is 5.09. The van der Waals surface area contributed by atoms with Crippen LogP contribution < -0.4 is 20.9 Å². The van der Waals surface area contributed by atoms with Gasteiger partial charge in [0.15, 0.2) is 11.6 Å². The Morgan fingerprint density at radius 3 is 2.84 bits per heavy atom. The van der Waals surface area contributed by atoms with E-state index in [9.17, 15) is 14.0 Å². The minimum absolute atomic E-state index is 0.00820. The average molecular weight is 345 g/mol. The molecule has 1 fully saturated rings. The Kier molecular flexibility index (Phi) is 4.74. The van der Waals surface area contributed by atoms with Crippen LogP contribution in [0.25, 0.3) is 0 Å². The van der Waals surface area contributed by atoms with E-state index >= 15 is 0 Å². The third kappa shape index (κ3) is 3.99. The van der Waals surface area contributed by atoms with Gasteiger partial charge >= 0.3 is 6.03 Å². The second-order valence-electron chi connectivity index (χ2n) is 6.14. The maximum absolute atomic E-state index is 14.4. The smallest absolute Gasteiger partial charge is 0.319 e. The molecule has 1 saturated carbocycles. The zero-order valence-corrected chi connectivity index (χ0v) is 14.1. The van der Waals surface area contributed by atoms with E-state index in [4.69, 9.17) is 4.74 Å². The molecule has 25 heavy (non-hydrogen) atoms. The molecule has 6 nitrogen and oxygen atoms in total. The summed E-state index contributed by atoms with van der Waals surface area (Å²) in [6, 6.07) is 6.01. The fraction of sp³-hybridized carbons (Fsp3) is 0.333. The quantitative estimate of drug-likeness (QED) is 0.875. The number of anilines is 1. The van der Waals surface area contributed by atoms with Crippen molar-refractivity contribution in [3.63, 3.8) is 0 Å². The van der Waals surface area contributed by atoms with E-state index < -0.39 is 11.8 Å². The molecule has 1 aromatic carbocycles. The van der Waals surface area contributed by atoms with Gasteiger partial charge in [-0.25, -0.2) is 9.18 Å². The normalized spacial score (nSPS) is 13.4. The minimum Gasteiger partial charge on any atom is -0.487 e. The van der Waals surface area contributed by atoms with Gasteiger partial charge in [-0.2, -0.15) is 0 Å². The molecule has 0 unspecified atom stereocenters. The van der Waals surface area contributed by atoms with Crippen molar-refractivity contribution in [3.8, 4) is 5.75 Å². The molecule has 132 valence electrons. The van der Waals surface area contributed by atoms with Crippen molar-refractivity contribution in [2.24, 2.45) is 7.05 Å². The number of carbonyl (C=O) groups excluding carboxylic acids is 1. The number of halogens is 1. The molecule has 1 aliphatic rings. The van der Waals surface area contributed by atoms with Crippen LogP contribution in [-0.2, 0) is 13.6 Å². The van der Waals surface area contributed by atoms with Crippen LogP contribution in [0.5, 0.6) is 5.75 Å². The summed E-state index contributed by atoms with van der Waals surface area (Å²) in [6.07, 6.45) is 3.60. The van der Waals surface area contributed by atoms with Crippen LogP contribution in [-0.4, -0.2) is 16.7 Å². The highest BCUT2D eigenvalue weighted by molar-refractivity contribution is 5.89. The highest BCUT2D eigenvalue weighted by atomic mass is 19.1. The largest absolute Gasteiger partial charge is 0.487 e. The Hall–Kier alpha value is -2.83. The molecule has 2 amide bonds. The predicted octanol–water partition coefficient (Wildman–Crippen LogP) is 2.70. The highest BCUT2D eigenvalue weighted by Crippen LogP contribution is 2.29. The van der Waals surface area contributed by atoms with Gasteiger partial charge in [0.05, 0.1) is 6.10 Å². The summed E-state index contributed by atoms with van der Waals surface area (Å²) in [6.45, 7) is 1.72. The molecule has 1 aliphatic carbocycles. The summed E-state index contributed by atoms with van der Waals surface area (Å²) >= 11 is 0. The molecule has 3 rings (SSSR count). The van der Waals surface area contributed by atoms with Crippen LogP contribution in [0.3, 0.4) is 0 Å². The lowest BCUT2D eigenvalue weighted by Crippen LogP contribution is -2.32. The number of nitrogens with one attached hydrogen (secondary N) is 2. The van der Waals surface area contributed by atoms with Gasteiger partial charge in [0.25, 0.3) is 5.56 Å². The Bertz CT molecular complexity index is 859. The number of urea groups is 1. The number of hydrogen-bond donors (Lipinski definition) is 2. The molecule has 2 N–H and O–H groups in total. The van der Waals surface area contributed by atoms with E-state index in [1.165, 1.54) is 4.57 Å². The number of nitrogens with zero attached hydrogens (tertiary/aromatic N) is 1. The van der Waals surface area contributed by atoms with Gasteiger partial charge in [-0.3, -0.25) is 4.79 Å². The van der Waals surface area contributed by atoms with Gasteiger partial charge in [0.1, 0.15) is 5.69 Å². The second kappa shape index (κ2) is 6.96. The molecule has 0 radical (unpaired) electrons. The molecule has 2 aromatic rings. The average Bonchev–Trinajstić information content (AvgIpc) is 3.40. The van der Waals surface area contributed by atoms with Crippen LogP contribution in [0, 0.1) is 12.7 Å². The van der Waals surface area contributed by atoms with E-state index in [1.807, 2.05) is 0 Å². The lowest BCUT2D eigenvalue weighted by atomic mass is 10.2. The second-order valence-corrected chi connectivity index (χ2v) is 6.14. The number of hydrogen-bond acceptors (Lipinski definition) is 3. The van der Waals surface area contributed by atoms with Gasteiger partial charge in [-0.1, -0.05) is 12.1 Å². The molecule has 0 bridgehead atoms. The first-order chi connectivity index (χ1) is 12.0. The summed E-state index contributed by atoms with van der Waals surface area (Å²) < 4.78 is 21.2. The van der Waals surface area contributed by atoms with Crippen molar-refractivity contribution in [1.82, 2.24) is 9.88 Å². The third-order valence-electron chi connectivity index (χ3n) is 4.02. The highest BCUT2D eigenvalue weighted by Gasteiger charge is 2.25. The molecule has 7 heteroatoms. The molecule has 0 spiro atoms. The fourth-order valence-electron chi connectivity index (χ4n) is 2.35. The van der Waals surface area contributed by atoms with Crippen LogP contribution in [0.1, 0.15) is 24.0 Å². The van der Waals surface area contributed by atoms with Gasteiger partial charge < -0.3 is 19.9 Å². The Morgan fingerprint density at radius 2 is 2.12 bits per heavy atom. The van der Waals surface area contributed by atoms with E-state index in [1.54, 1.807) is 44.4 Å². The lowest BCUT2D eigenvalue weighted by molar-refractivity contribution is 0.251. The fourth-order valence-corrected chi connectivity index (χ4v) is 2.35. The maximum atomic E-state index is 14.4. The molecule has 0 atom stereocenters. The first-order valence-corrected chi connectivity index (χ1v) is 8.11.